The molecule has 4 heteroatoms. The number of guanidine groups is 1. The van der Waals surface area contributed by atoms with Gasteiger partial charge >= 0.3 is 0 Å². The molecule has 1 aromatic carbocycles. The Labute approximate surface area is 140 Å². The maximum atomic E-state index is 4.53. The highest BCUT2D eigenvalue weighted by Gasteiger charge is 2.33. The highest BCUT2D eigenvalue weighted by atomic mass is 15.2. The first-order valence-corrected chi connectivity index (χ1v) is 9.08. The van der Waals surface area contributed by atoms with Crippen LogP contribution in [0.2, 0.25) is 0 Å². The smallest absolute Gasteiger partial charge is 0.191 e. The summed E-state index contributed by atoms with van der Waals surface area (Å²) >= 11 is 0. The lowest BCUT2D eigenvalue weighted by Crippen LogP contribution is -2.49. The topological polar surface area (TPSA) is 39.7 Å². The summed E-state index contributed by atoms with van der Waals surface area (Å²) < 4.78 is 0. The Morgan fingerprint density at radius 3 is 2.65 bits per heavy atom. The first kappa shape index (κ1) is 16.3. The number of nitrogens with one attached hydrogen (secondary N) is 2. The third-order valence-corrected chi connectivity index (χ3v) is 5.44. The summed E-state index contributed by atoms with van der Waals surface area (Å²) in [6.07, 6.45) is 4.94. The number of hydrogen-bond donors (Lipinski definition) is 2. The largest absolute Gasteiger partial charge is 0.356 e. The van der Waals surface area contributed by atoms with Crippen LogP contribution in [0.3, 0.4) is 0 Å². The van der Waals surface area contributed by atoms with E-state index in [9.17, 15) is 0 Å². The fourth-order valence-corrected chi connectivity index (χ4v) is 3.60. The van der Waals surface area contributed by atoms with Crippen molar-refractivity contribution in [2.24, 2.45) is 10.4 Å². The summed E-state index contributed by atoms with van der Waals surface area (Å²) in [5.74, 6) is 1.01. The average molecular weight is 314 g/mol. The van der Waals surface area contributed by atoms with Crippen molar-refractivity contribution in [2.45, 2.75) is 39.2 Å². The van der Waals surface area contributed by atoms with E-state index in [1.54, 1.807) is 0 Å². The number of rotatable bonds is 5. The van der Waals surface area contributed by atoms with E-state index in [1.807, 2.05) is 0 Å². The lowest BCUT2D eigenvalue weighted by atomic mass is 9.76. The normalized spacial score (nSPS) is 21.3. The second-order valence-corrected chi connectivity index (χ2v) is 6.98. The van der Waals surface area contributed by atoms with Crippen LogP contribution in [0.25, 0.3) is 0 Å². The maximum Gasteiger partial charge on any atom is 0.191 e. The molecule has 4 nitrogen and oxygen atoms in total. The highest BCUT2D eigenvalue weighted by molar-refractivity contribution is 5.80. The van der Waals surface area contributed by atoms with Gasteiger partial charge in [-0.25, -0.2) is 0 Å². The molecule has 2 aliphatic heterocycles. The predicted molar refractivity (Wildman–Crippen MR) is 96.6 cm³/mol. The van der Waals surface area contributed by atoms with Crippen LogP contribution in [-0.2, 0) is 6.54 Å². The highest BCUT2D eigenvalue weighted by Crippen LogP contribution is 2.34. The van der Waals surface area contributed by atoms with Gasteiger partial charge in [0.1, 0.15) is 0 Å². The molecule has 3 rings (SSSR count). The zero-order valence-corrected chi connectivity index (χ0v) is 14.4. The molecular formula is C19H30N4. The lowest BCUT2D eigenvalue weighted by Gasteiger charge is -2.42. The second kappa shape index (κ2) is 7.82. The zero-order valence-electron chi connectivity index (χ0n) is 14.4. The Bertz CT molecular complexity index is 503. The fourth-order valence-electron chi connectivity index (χ4n) is 3.60. The van der Waals surface area contributed by atoms with E-state index in [4.69, 9.17) is 0 Å². The van der Waals surface area contributed by atoms with E-state index in [-0.39, 0.29) is 0 Å². The Balaban J connectivity index is 1.49. The van der Waals surface area contributed by atoms with Crippen molar-refractivity contribution in [2.75, 3.05) is 32.7 Å². The van der Waals surface area contributed by atoms with Gasteiger partial charge in [0.2, 0.25) is 0 Å². The quantitative estimate of drug-likeness (QED) is 0.877. The van der Waals surface area contributed by atoms with E-state index < -0.39 is 0 Å². The molecule has 0 amide bonds. The summed E-state index contributed by atoms with van der Waals surface area (Å²) in [5, 5.41) is 6.94. The molecule has 2 heterocycles. The van der Waals surface area contributed by atoms with Crippen LogP contribution in [0.5, 0.6) is 0 Å². The summed E-state index contributed by atoms with van der Waals surface area (Å²) in [7, 11) is 0. The van der Waals surface area contributed by atoms with E-state index >= 15 is 0 Å². The Morgan fingerprint density at radius 1 is 1.22 bits per heavy atom. The molecule has 0 unspecified atom stereocenters. The van der Waals surface area contributed by atoms with Crippen LogP contribution in [0.4, 0.5) is 0 Å². The number of likely N-dealkylation sites (tertiary alicyclic amines) is 1. The van der Waals surface area contributed by atoms with Crippen molar-refractivity contribution in [1.29, 1.82) is 0 Å². The third-order valence-electron chi connectivity index (χ3n) is 5.44. The van der Waals surface area contributed by atoms with Crippen LogP contribution < -0.4 is 10.6 Å². The minimum atomic E-state index is 0.425. The second-order valence-electron chi connectivity index (χ2n) is 6.98. The van der Waals surface area contributed by atoms with Gasteiger partial charge in [-0.3, -0.25) is 9.89 Å². The summed E-state index contributed by atoms with van der Waals surface area (Å²) in [5.41, 5.74) is 1.85. The third kappa shape index (κ3) is 4.47. The average Bonchev–Trinajstić information content (AvgIpc) is 2.63. The molecule has 126 valence electrons. The zero-order chi connectivity index (χ0) is 16.0. The van der Waals surface area contributed by atoms with E-state index in [2.05, 4.69) is 57.8 Å². The molecule has 0 aliphatic carbocycles. The lowest BCUT2D eigenvalue weighted by molar-refractivity contribution is 0.0970. The minimum Gasteiger partial charge on any atom is -0.356 e. The van der Waals surface area contributed by atoms with E-state index in [1.165, 1.54) is 37.9 Å². The van der Waals surface area contributed by atoms with Crippen molar-refractivity contribution >= 4 is 5.96 Å². The number of benzene rings is 1. The molecule has 2 aliphatic rings. The van der Waals surface area contributed by atoms with Crippen LogP contribution >= 0.6 is 0 Å². The minimum absolute atomic E-state index is 0.425. The monoisotopic (exact) mass is 314 g/mol. The molecule has 1 fully saturated rings. The van der Waals surface area contributed by atoms with Crippen molar-refractivity contribution in [3.05, 3.63) is 35.9 Å². The maximum absolute atomic E-state index is 4.53. The van der Waals surface area contributed by atoms with Gasteiger partial charge in [0.25, 0.3) is 0 Å². The molecule has 23 heavy (non-hydrogen) atoms. The molecule has 0 bridgehead atoms. The predicted octanol–water partition coefficient (Wildman–Crippen LogP) is 2.62. The molecule has 1 saturated heterocycles. The van der Waals surface area contributed by atoms with Crippen molar-refractivity contribution < 1.29 is 0 Å². The summed E-state index contributed by atoms with van der Waals surface area (Å²) in [4.78, 5) is 7.13. The van der Waals surface area contributed by atoms with Gasteiger partial charge in [-0.15, -0.1) is 0 Å². The first-order chi connectivity index (χ1) is 11.3. The Morgan fingerprint density at radius 2 is 2.00 bits per heavy atom. The molecule has 0 radical (unpaired) electrons. The number of nitrogens with zero attached hydrogens (tertiary/aromatic N) is 2. The van der Waals surface area contributed by atoms with Crippen LogP contribution in [0, 0.1) is 5.41 Å². The molecule has 2 N–H and O–H groups in total. The first-order valence-electron chi connectivity index (χ1n) is 9.08. The molecule has 0 aromatic heterocycles. The van der Waals surface area contributed by atoms with Gasteiger partial charge in [0.15, 0.2) is 5.96 Å². The molecule has 0 atom stereocenters. The van der Waals surface area contributed by atoms with Crippen LogP contribution in [-0.4, -0.2) is 43.6 Å². The van der Waals surface area contributed by atoms with Crippen LogP contribution in [0.1, 0.15) is 38.2 Å². The fraction of sp³-hybridized carbons (Fsp3) is 0.632. The van der Waals surface area contributed by atoms with Crippen molar-refractivity contribution in [3.8, 4) is 0 Å². The van der Waals surface area contributed by atoms with Gasteiger partial charge in [0.05, 0.1) is 0 Å². The van der Waals surface area contributed by atoms with E-state index in [0.29, 0.717) is 5.41 Å². The summed E-state index contributed by atoms with van der Waals surface area (Å²) in [6.45, 7) is 8.88. The Kier molecular flexibility index (Phi) is 5.55. The van der Waals surface area contributed by atoms with Gasteiger partial charge in [-0.2, -0.15) is 0 Å². The Hall–Kier alpha value is -1.55. The van der Waals surface area contributed by atoms with Crippen molar-refractivity contribution in [3.63, 3.8) is 0 Å². The van der Waals surface area contributed by atoms with Gasteiger partial charge in [0, 0.05) is 26.2 Å². The van der Waals surface area contributed by atoms with Crippen LogP contribution in [0.15, 0.2) is 35.3 Å². The van der Waals surface area contributed by atoms with Crippen molar-refractivity contribution in [1.82, 2.24) is 15.5 Å². The number of piperidine rings is 1. The van der Waals surface area contributed by atoms with Gasteiger partial charge < -0.3 is 10.6 Å². The molecule has 1 aromatic rings. The molecule has 0 spiro atoms. The van der Waals surface area contributed by atoms with E-state index in [0.717, 1.165) is 38.6 Å². The number of hydrogen-bond acceptors (Lipinski definition) is 4. The number of aliphatic imine (C=N–C) groups is 1. The van der Waals surface area contributed by atoms with Gasteiger partial charge in [-0.05, 0) is 49.8 Å². The molecule has 0 saturated carbocycles. The SMILES string of the molecule is CCC1(CNC2=NCCCN2)CCN(Cc2ccccc2)CC1. The standard InChI is InChI=1S/C19H30N4/c1-2-19(16-22-18-20-11-6-12-21-18)9-13-23(14-10-19)15-17-7-4-3-5-8-17/h3-5,7-8H,2,6,9-16H2,1H3,(H2,20,21,22). The summed E-state index contributed by atoms with van der Waals surface area (Å²) in [6, 6.07) is 10.8. The molecular weight excluding hydrogens is 284 g/mol. The van der Waals surface area contributed by atoms with Gasteiger partial charge in [-0.1, -0.05) is 37.3 Å².